The molecule has 1 aromatic carbocycles. The number of halogens is 1. The second-order valence-electron chi connectivity index (χ2n) is 3.74. The SMILES string of the molecule is CCN(CCC#N)c1ccc(CCl)cc1C. The molecule has 0 saturated carbocycles. The zero-order valence-electron chi connectivity index (χ0n) is 9.83. The van der Waals surface area contributed by atoms with Crippen molar-refractivity contribution in [2.45, 2.75) is 26.1 Å². The van der Waals surface area contributed by atoms with Crippen LogP contribution >= 0.6 is 11.6 Å². The minimum Gasteiger partial charge on any atom is -0.371 e. The van der Waals surface area contributed by atoms with Crippen molar-refractivity contribution >= 4 is 17.3 Å². The molecule has 0 bridgehead atoms. The third-order valence-corrected chi connectivity index (χ3v) is 2.94. The first kappa shape index (κ1) is 12.9. The van der Waals surface area contributed by atoms with Gasteiger partial charge < -0.3 is 4.90 Å². The molecule has 2 nitrogen and oxygen atoms in total. The molecule has 1 aromatic rings. The van der Waals surface area contributed by atoms with Crippen LogP contribution in [0.1, 0.15) is 24.5 Å². The van der Waals surface area contributed by atoms with Crippen LogP contribution in [0.25, 0.3) is 0 Å². The molecule has 0 aliphatic rings. The standard InChI is InChI=1S/C13H17ClN2/c1-3-16(8-4-7-15)13-6-5-12(10-14)9-11(13)2/h5-6,9H,3-4,8,10H2,1-2H3. The summed E-state index contributed by atoms with van der Waals surface area (Å²) in [5.74, 6) is 0.547. The third kappa shape index (κ3) is 3.15. The smallest absolute Gasteiger partial charge is 0.0640 e. The molecule has 0 N–H and O–H groups in total. The van der Waals surface area contributed by atoms with Gasteiger partial charge in [-0.05, 0) is 31.0 Å². The van der Waals surface area contributed by atoms with E-state index >= 15 is 0 Å². The summed E-state index contributed by atoms with van der Waals surface area (Å²) in [7, 11) is 0. The molecule has 0 aromatic heterocycles. The normalized spacial score (nSPS) is 9.88. The summed E-state index contributed by atoms with van der Waals surface area (Å²) in [6, 6.07) is 8.43. The van der Waals surface area contributed by atoms with Gasteiger partial charge in [0.25, 0.3) is 0 Å². The highest BCUT2D eigenvalue weighted by molar-refractivity contribution is 6.17. The van der Waals surface area contributed by atoms with Crippen LogP contribution in [0.5, 0.6) is 0 Å². The Bertz CT molecular complexity index is 382. The summed E-state index contributed by atoms with van der Waals surface area (Å²) >= 11 is 5.79. The summed E-state index contributed by atoms with van der Waals surface area (Å²) < 4.78 is 0. The molecule has 0 radical (unpaired) electrons. The largest absolute Gasteiger partial charge is 0.371 e. The molecule has 16 heavy (non-hydrogen) atoms. The van der Waals surface area contributed by atoms with Crippen LogP contribution in [-0.2, 0) is 5.88 Å². The molecule has 0 amide bonds. The summed E-state index contributed by atoms with van der Waals surface area (Å²) in [6.07, 6.45) is 0.560. The van der Waals surface area contributed by atoms with Crippen molar-refractivity contribution in [1.82, 2.24) is 0 Å². The van der Waals surface area contributed by atoms with E-state index in [2.05, 4.69) is 36.9 Å². The first-order chi connectivity index (χ1) is 7.72. The average Bonchev–Trinajstić information content (AvgIpc) is 2.31. The van der Waals surface area contributed by atoms with Gasteiger partial charge >= 0.3 is 0 Å². The Balaban J connectivity index is 2.88. The molecule has 1 rings (SSSR count). The maximum Gasteiger partial charge on any atom is 0.0640 e. The lowest BCUT2D eigenvalue weighted by Gasteiger charge is -2.24. The topological polar surface area (TPSA) is 27.0 Å². The van der Waals surface area contributed by atoms with E-state index in [1.54, 1.807) is 0 Å². The van der Waals surface area contributed by atoms with Gasteiger partial charge in [0, 0.05) is 24.7 Å². The van der Waals surface area contributed by atoms with Gasteiger partial charge in [0.2, 0.25) is 0 Å². The zero-order valence-corrected chi connectivity index (χ0v) is 10.6. The summed E-state index contributed by atoms with van der Waals surface area (Å²) in [5.41, 5.74) is 3.56. The van der Waals surface area contributed by atoms with Gasteiger partial charge in [0.1, 0.15) is 0 Å². The first-order valence-corrected chi connectivity index (χ1v) is 6.03. The van der Waals surface area contributed by atoms with E-state index < -0.39 is 0 Å². The maximum absolute atomic E-state index is 8.61. The highest BCUT2D eigenvalue weighted by Gasteiger charge is 2.07. The minimum absolute atomic E-state index is 0.547. The van der Waals surface area contributed by atoms with E-state index in [1.807, 2.05) is 6.07 Å². The van der Waals surface area contributed by atoms with E-state index in [4.69, 9.17) is 16.9 Å². The zero-order chi connectivity index (χ0) is 12.0. The molecular formula is C13H17ClN2. The molecule has 0 unspecified atom stereocenters. The fourth-order valence-corrected chi connectivity index (χ4v) is 1.96. The monoisotopic (exact) mass is 236 g/mol. The van der Waals surface area contributed by atoms with E-state index in [1.165, 1.54) is 11.3 Å². The lowest BCUT2D eigenvalue weighted by Crippen LogP contribution is -2.24. The van der Waals surface area contributed by atoms with E-state index in [0.29, 0.717) is 12.3 Å². The van der Waals surface area contributed by atoms with Crippen molar-refractivity contribution in [2.24, 2.45) is 0 Å². The van der Waals surface area contributed by atoms with Crippen LogP contribution in [-0.4, -0.2) is 13.1 Å². The Morgan fingerprint density at radius 1 is 1.44 bits per heavy atom. The fraction of sp³-hybridized carbons (Fsp3) is 0.462. The summed E-state index contributed by atoms with van der Waals surface area (Å²) in [4.78, 5) is 2.22. The van der Waals surface area contributed by atoms with Crippen molar-refractivity contribution < 1.29 is 0 Å². The number of nitrogens with zero attached hydrogens (tertiary/aromatic N) is 2. The maximum atomic E-state index is 8.61. The van der Waals surface area contributed by atoms with Gasteiger partial charge in [-0.1, -0.05) is 12.1 Å². The number of hydrogen-bond donors (Lipinski definition) is 0. The quantitative estimate of drug-likeness (QED) is 0.732. The minimum atomic E-state index is 0.547. The van der Waals surface area contributed by atoms with Gasteiger partial charge in [-0.15, -0.1) is 11.6 Å². The lowest BCUT2D eigenvalue weighted by atomic mass is 10.1. The predicted molar refractivity (Wildman–Crippen MR) is 68.9 cm³/mol. The Morgan fingerprint density at radius 3 is 2.69 bits per heavy atom. The lowest BCUT2D eigenvalue weighted by molar-refractivity contribution is 0.823. The van der Waals surface area contributed by atoms with Crippen LogP contribution in [0.15, 0.2) is 18.2 Å². The highest BCUT2D eigenvalue weighted by Crippen LogP contribution is 2.22. The van der Waals surface area contributed by atoms with Crippen molar-refractivity contribution in [3.05, 3.63) is 29.3 Å². The molecular weight excluding hydrogens is 220 g/mol. The second-order valence-corrected chi connectivity index (χ2v) is 4.01. The van der Waals surface area contributed by atoms with Crippen LogP contribution in [0.4, 0.5) is 5.69 Å². The molecule has 0 spiro atoms. The molecule has 0 atom stereocenters. The van der Waals surface area contributed by atoms with Crippen molar-refractivity contribution in [3.63, 3.8) is 0 Å². The molecule has 0 aliphatic heterocycles. The van der Waals surface area contributed by atoms with Crippen LogP contribution in [0, 0.1) is 18.3 Å². The van der Waals surface area contributed by atoms with Crippen LogP contribution in [0.2, 0.25) is 0 Å². The van der Waals surface area contributed by atoms with Gasteiger partial charge in [0.05, 0.1) is 12.5 Å². The Kier molecular flexibility index (Phi) is 5.14. The number of aryl methyl sites for hydroxylation is 1. The van der Waals surface area contributed by atoms with E-state index in [-0.39, 0.29) is 0 Å². The average molecular weight is 237 g/mol. The van der Waals surface area contributed by atoms with Crippen molar-refractivity contribution in [3.8, 4) is 6.07 Å². The van der Waals surface area contributed by atoms with Gasteiger partial charge in [0.15, 0.2) is 0 Å². The van der Waals surface area contributed by atoms with Crippen LogP contribution < -0.4 is 4.90 Å². The van der Waals surface area contributed by atoms with Gasteiger partial charge in [-0.3, -0.25) is 0 Å². The Labute approximate surface area is 102 Å². The molecule has 0 aliphatic carbocycles. The third-order valence-electron chi connectivity index (χ3n) is 2.63. The number of alkyl halides is 1. The van der Waals surface area contributed by atoms with Gasteiger partial charge in [-0.25, -0.2) is 0 Å². The Hall–Kier alpha value is -1.20. The Morgan fingerprint density at radius 2 is 2.19 bits per heavy atom. The van der Waals surface area contributed by atoms with Crippen LogP contribution in [0.3, 0.4) is 0 Å². The fourth-order valence-electron chi connectivity index (χ4n) is 1.79. The second kappa shape index (κ2) is 6.40. The predicted octanol–water partition coefficient (Wildman–Crippen LogP) is 3.47. The molecule has 0 saturated heterocycles. The summed E-state index contributed by atoms with van der Waals surface area (Å²) in [5, 5.41) is 8.61. The van der Waals surface area contributed by atoms with E-state index in [0.717, 1.165) is 18.7 Å². The number of hydrogen-bond acceptors (Lipinski definition) is 2. The molecule has 0 heterocycles. The molecule has 86 valence electrons. The molecule has 3 heteroatoms. The van der Waals surface area contributed by atoms with E-state index in [9.17, 15) is 0 Å². The van der Waals surface area contributed by atoms with Crippen molar-refractivity contribution in [1.29, 1.82) is 5.26 Å². The number of anilines is 1. The molecule has 0 fully saturated rings. The highest BCUT2D eigenvalue weighted by atomic mass is 35.5. The van der Waals surface area contributed by atoms with Gasteiger partial charge in [-0.2, -0.15) is 5.26 Å². The number of rotatable bonds is 5. The first-order valence-electron chi connectivity index (χ1n) is 5.50. The van der Waals surface area contributed by atoms with Crippen molar-refractivity contribution in [2.75, 3.05) is 18.0 Å². The summed E-state index contributed by atoms with van der Waals surface area (Å²) in [6.45, 7) is 5.89. The number of nitriles is 1. The number of benzene rings is 1.